The molecule has 1 heterocycles. The maximum atomic E-state index is 11.0. The van der Waals surface area contributed by atoms with Gasteiger partial charge in [-0.2, -0.15) is 0 Å². The Morgan fingerprint density at radius 3 is 2.67 bits per heavy atom. The summed E-state index contributed by atoms with van der Waals surface area (Å²) in [7, 11) is 0. The highest BCUT2D eigenvalue weighted by Gasteiger charge is 1.98. The molecular weight excluding hydrogens is 214 g/mol. The molecule has 1 aromatic heterocycles. The molecule has 0 bridgehead atoms. The van der Waals surface area contributed by atoms with Gasteiger partial charge in [-0.05, 0) is 30.7 Å². The molecule has 0 saturated carbocycles. The molecule has 0 radical (unpaired) electrons. The largest absolute Gasteiger partial charge is 0.423 e. The Labute approximate surface area is 93.3 Å². The van der Waals surface area contributed by atoms with E-state index in [1.807, 2.05) is 18.2 Å². The SMILES string of the molecule is Cl.NCCc1ccc2ccc(=O)oc2c1. The molecule has 0 fully saturated rings. The maximum Gasteiger partial charge on any atom is 0.336 e. The zero-order valence-electron chi connectivity index (χ0n) is 8.10. The Kier molecular flexibility index (Phi) is 3.88. The van der Waals surface area contributed by atoms with E-state index in [4.69, 9.17) is 10.2 Å². The van der Waals surface area contributed by atoms with E-state index in [1.54, 1.807) is 6.07 Å². The van der Waals surface area contributed by atoms with Crippen molar-refractivity contribution in [3.8, 4) is 0 Å². The molecule has 15 heavy (non-hydrogen) atoms. The lowest BCUT2D eigenvalue weighted by Crippen LogP contribution is -2.02. The summed E-state index contributed by atoms with van der Waals surface area (Å²) in [4.78, 5) is 11.0. The number of nitrogens with two attached hydrogens (primary N) is 1. The van der Waals surface area contributed by atoms with E-state index in [-0.39, 0.29) is 18.0 Å². The van der Waals surface area contributed by atoms with E-state index in [0.29, 0.717) is 12.1 Å². The first-order chi connectivity index (χ1) is 6.79. The van der Waals surface area contributed by atoms with Gasteiger partial charge in [0.25, 0.3) is 0 Å². The van der Waals surface area contributed by atoms with Crippen LogP contribution in [-0.4, -0.2) is 6.54 Å². The summed E-state index contributed by atoms with van der Waals surface area (Å²) in [6.45, 7) is 0.600. The van der Waals surface area contributed by atoms with Crippen LogP contribution in [0.3, 0.4) is 0 Å². The number of benzene rings is 1. The number of fused-ring (bicyclic) bond motifs is 1. The van der Waals surface area contributed by atoms with Crippen molar-refractivity contribution in [2.45, 2.75) is 6.42 Å². The molecule has 80 valence electrons. The molecule has 3 nitrogen and oxygen atoms in total. The van der Waals surface area contributed by atoms with Gasteiger partial charge in [0.15, 0.2) is 0 Å². The van der Waals surface area contributed by atoms with Crippen molar-refractivity contribution in [3.05, 3.63) is 46.3 Å². The maximum absolute atomic E-state index is 11.0. The fourth-order valence-corrected chi connectivity index (χ4v) is 1.43. The van der Waals surface area contributed by atoms with Crippen LogP contribution in [0.1, 0.15) is 5.56 Å². The topological polar surface area (TPSA) is 56.2 Å². The molecule has 0 saturated heterocycles. The first-order valence-corrected chi connectivity index (χ1v) is 4.52. The van der Waals surface area contributed by atoms with Crippen LogP contribution in [0.2, 0.25) is 0 Å². The second-order valence-electron chi connectivity index (χ2n) is 3.17. The molecule has 0 aliphatic rings. The number of hydrogen-bond acceptors (Lipinski definition) is 3. The quantitative estimate of drug-likeness (QED) is 0.792. The lowest BCUT2D eigenvalue weighted by molar-refractivity contribution is 0.560. The zero-order valence-corrected chi connectivity index (χ0v) is 8.92. The molecule has 0 aliphatic heterocycles. The Hall–Kier alpha value is -1.32. The van der Waals surface area contributed by atoms with Gasteiger partial charge in [-0.25, -0.2) is 4.79 Å². The first-order valence-electron chi connectivity index (χ1n) is 4.52. The van der Waals surface area contributed by atoms with Gasteiger partial charge in [-0.15, -0.1) is 12.4 Å². The molecule has 0 aliphatic carbocycles. The highest BCUT2D eigenvalue weighted by molar-refractivity contribution is 5.85. The Bertz CT molecular complexity index is 507. The van der Waals surface area contributed by atoms with E-state index in [0.717, 1.165) is 17.4 Å². The van der Waals surface area contributed by atoms with Crippen LogP contribution >= 0.6 is 12.4 Å². The summed E-state index contributed by atoms with van der Waals surface area (Å²) >= 11 is 0. The second-order valence-corrected chi connectivity index (χ2v) is 3.17. The predicted molar refractivity (Wildman–Crippen MR) is 62.5 cm³/mol. The van der Waals surface area contributed by atoms with Gasteiger partial charge in [0.1, 0.15) is 5.58 Å². The molecular formula is C11H12ClNO2. The zero-order chi connectivity index (χ0) is 9.97. The van der Waals surface area contributed by atoms with Gasteiger partial charge in [0.2, 0.25) is 0 Å². The monoisotopic (exact) mass is 225 g/mol. The van der Waals surface area contributed by atoms with Crippen molar-refractivity contribution in [3.63, 3.8) is 0 Å². The lowest BCUT2D eigenvalue weighted by atomic mass is 10.1. The number of halogens is 1. The minimum absolute atomic E-state index is 0. The second kappa shape index (κ2) is 4.96. The minimum atomic E-state index is -0.317. The van der Waals surface area contributed by atoms with Gasteiger partial charge >= 0.3 is 5.63 Å². The Balaban J connectivity index is 0.00000112. The van der Waals surface area contributed by atoms with Crippen LogP contribution in [0.4, 0.5) is 0 Å². The lowest BCUT2D eigenvalue weighted by Gasteiger charge is -2.00. The molecule has 4 heteroatoms. The normalized spacial score (nSPS) is 9.93. The Morgan fingerprint density at radius 2 is 1.93 bits per heavy atom. The van der Waals surface area contributed by atoms with E-state index in [1.165, 1.54) is 6.07 Å². The fourth-order valence-electron chi connectivity index (χ4n) is 1.43. The van der Waals surface area contributed by atoms with Crippen molar-refractivity contribution in [2.24, 2.45) is 5.73 Å². The van der Waals surface area contributed by atoms with Crippen molar-refractivity contribution in [1.29, 1.82) is 0 Å². The van der Waals surface area contributed by atoms with Crippen LogP contribution in [0.25, 0.3) is 11.0 Å². The summed E-state index contributed by atoms with van der Waals surface area (Å²) in [5.74, 6) is 0. The summed E-state index contributed by atoms with van der Waals surface area (Å²) in [5, 5.41) is 0.936. The summed E-state index contributed by atoms with van der Waals surface area (Å²) in [6, 6.07) is 8.97. The summed E-state index contributed by atoms with van der Waals surface area (Å²) in [5.41, 5.74) is 6.85. The molecule has 2 rings (SSSR count). The molecule has 0 spiro atoms. The van der Waals surface area contributed by atoms with Gasteiger partial charge in [0.05, 0.1) is 0 Å². The van der Waals surface area contributed by atoms with Crippen LogP contribution in [0, 0.1) is 0 Å². The minimum Gasteiger partial charge on any atom is -0.423 e. The van der Waals surface area contributed by atoms with Gasteiger partial charge < -0.3 is 10.2 Å². The summed E-state index contributed by atoms with van der Waals surface area (Å²) in [6.07, 6.45) is 0.800. The van der Waals surface area contributed by atoms with Crippen LogP contribution in [-0.2, 0) is 6.42 Å². The van der Waals surface area contributed by atoms with E-state index >= 15 is 0 Å². The highest BCUT2D eigenvalue weighted by atomic mass is 35.5. The third-order valence-corrected chi connectivity index (χ3v) is 2.12. The molecule has 0 amide bonds. The van der Waals surface area contributed by atoms with Crippen LogP contribution in [0.5, 0.6) is 0 Å². The standard InChI is InChI=1S/C11H11NO2.ClH/c12-6-5-8-1-2-9-3-4-11(13)14-10(9)7-8;/h1-4,7H,5-6,12H2;1H. The fraction of sp³-hybridized carbons (Fsp3) is 0.182. The molecule has 0 atom stereocenters. The molecule has 2 N–H and O–H groups in total. The third-order valence-electron chi connectivity index (χ3n) is 2.12. The molecule has 1 aromatic carbocycles. The van der Waals surface area contributed by atoms with Crippen molar-refractivity contribution >= 4 is 23.4 Å². The summed E-state index contributed by atoms with van der Waals surface area (Å²) < 4.78 is 5.05. The van der Waals surface area contributed by atoms with Crippen molar-refractivity contribution < 1.29 is 4.42 Å². The third kappa shape index (κ3) is 2.58. The van der Waals surface area contributed by atoms with Crippen LogP contribution < -0.4 is 11.4 Å². The average Bonchev–Trinajstić information content (AvgIpc) is 2.17. The first kappa shape index (κ1) is 11.8. The smallest absolute Gasteiger partial charge is 0.336 e. The number of hydrogen-bond donors (Lipinski definition) is 1. The van der Waals surface area contributed by atoms with E-state index in [2.05, 4.69) is 0 Å². The van der Waals surface area contributed by atoms with E-state index in [9.17, 15) is 4.79 Å². The van der Waals surface area contributed by atoms with Gasteiger partial charge in [-0.3, -0.25) is 0 Å². The van der Waals surface area contributed by atoms with E-state index < -0.39 is 0 Å². The highest BCUT2D eigenvalue weighted by Crippen LogP contribution is 2.13. The van der Waals surface area contributed by atoms with Gasteiger partial charge in [0, 0.05) is 11.5 Å². The molecule has 0 unspecified atom stereocenters. The van der Waals surface area contributed by atoms with Gasteiger partial charge in [-0.1, -0.05) is 12.1 Å². The van der Waals surface area contributed by atoms with Crippen LogP contribution in [0.15, 0.2) is 39.5 Å². The predicted octanol–water partition coefficient (Wildman–Crippen LogP) is 1.72. The average molecular weight is 226 g/mol. The van der Waals surface area contributed by atoms with Crippen molar-refractivity contribution in [1.82, 2.24) is 0 Å². The Morgan fingerprint density at radius 1 is 1.20 bits per heavy atom. The van der Waals surface area contributed by atoms with Crippen molar-refractivity contribution in [2.75, 3.05) is 6.54 Å². The number of rotatable bonds is 2. The molecule has 2 aromatic rings.